The zero-order chi connectivity index (χ0) is 20.0. The Morgan fingerprint density at radius 1 is 0.759 bits per heavy atom. The fourth-order valence-corrected chi connectivity index (χ4v) is 4.57. The molecule has 0 spiro atoms. The van der Waals surface area contributed by atoms with E-state index in [0.29, 0.717) is 0 Å². The summed E-state index contributed by atoms with van der Waals surface area (Å²) in [7, 11) is 0. The summed E-state index contributed by atoms with van der Waals surface area (Å²) in [5.41, 5.74) is 4.87. The van der Waals surface area contributed by atoms with Gasteiger partial charge in [0.05, 0.1) is 16.6 Å². The molecule has 3 heteroatoms. The number of halogens is 1. The van der Waals surface area contributed by atoms with Crippen molar-refractivity contribution < 1.29 is 0 Å². The van der Waals surface area contributed by atoms with Gasteiger partial charge < -0.3 is 0 Å². The van der Waals surface area contributed by atoms with Crippen LogP contribution < -0.4 is 5.56 Å². The molecule has 2 nitrogen and oxygen atoms in total. The Morgan fingerprint density at radius 2 is 1.48 bits per heavy atom. The van der Waals surface area contributed by atoms with Gasteiger partial charge in [-0.3, -0.25) is 9.36 Å². The number of hydrogen-bond donors (Lipinski definition) is 0. The summed E-state index contributed by atoms with van der Waals surface area (Å²) in [6, 6.07) is 30.4. The summed E-state index contributed by atoms with van der Waals surface area (Å²) < 4.78 is 2.85. The smallest absolute Gasteiger partial charge is 0.264 e. The molecule has 0 saturated heterocycles. The number of rotatable bonds is 2. The van der Waals surface area contributed by atoms with Crippen LogP contribution in [0.5, 0.6) is 0 Å². The molecule has 1 aromatic heterocycles. The highest BCUT2D eigenvalue weighted by molar-refractivity contribution is 9.10. The van der Waals surface area contributed by atoms with Crippen molar-refractivity contribution in [2.75, 3.05) is 0 Å². The van der Waals surface area contributed by atoms with Crippen molar-refractivity contribution in [3.05, 3.63) is 111 Å². The Bertz CT molecular complexity index is 1430. The van der Waals surface area contributed by atoms with Gasteiger partial charge in [-0.2, -0.15) is 0 Å². The summed E-state index contributed by atoms with van der Waals surface area (Å²) in [5.74, 6) is 0. The van der Waals surface area contributed by atoms with E-state index in [1.54, 1.807) is 0 Å². The van der Waals surface area contributed by atoms with E-state index in [-0.39, 0.29) is 5.56 Å². The quantitative estimate of drug-likeness (QED) is 0.274. The SMILES string of the molecule is Cc1cc(Br)ccc1-n1c(=O)c2c(-c3ccccc3)cccc2c2ccccc21. The molecule has 5 aromatic rings. The van der Waals surface area contributed by atoms with Crippen LogP contribution in [0.3, 0.4) is 0 Å². The zero-order valence-electron chi connectivity index (χ0n) is 15.9. The van der Waals surface area contributed by atoms with Crippen LogP contribution in [0.25, 0.3) is 38.5 Å². The average molecular weight is 440 g/mol. The normalized spacial score (nSPS) is 11.2. The minimum absolute atomic E-state index is 0.00331. The molecule has 0 unspecified atom stereocenters. The molecular weight excluding hydrogens is 422 g/mol. The van der Waals surface area contributed by atoms with E-state index < -0.39 is 0 Å². The molecule has 0 N–H and O–H groups in total. The van der Waals surface area contributed by atoms with Crippen LogP contribution in [0.15, 0.2) is 100 Å². The molecule has 0 fully saturated rings. The molecule has 140 valence electrons. The monoisotopic (exact) mass is 439 g/mol. The molecule has 4 aromatic carbocycles. The second kappa shape index (κ2) is 7.02. The highest BCUT2D eigenvalue weighted by atomic mass is 79.9. The second-order valence-corrected chi connectivity index (χ2v) is 8.10. The molecule has 0 saturated carbocycles. The Labute approximate surface area is 177 Å². The van der Waals surface area contributed by atoms with Gasteiger partial charge in [0.15, 0.2) is 0 Å². The topological polar surface area (TPSA) is 22.0 Å². The number of para-hydroxylation sites is 1. The van der Waals surface area contributed by atoms with Crippen molar-refractivity contribution in [2.45, 2.75) is 6.92 Å². The molecule has 29 heavy (non-hydrogen) atoms. The maximum Gasteiger partial charge on any atom is 0.264 e. The molecule has 0 aliphatic rings. The maximum absolute atomic E-state index is 13.9. The maximum atomic E-state index is 13.9. The van der Waals surface area contributed by atoms with E-state index in [1.165, 1.54) is 0 Å². The van der Waals surface area contributed by atoms with Crippen molar-refractivity contribution >= 4 is 37.6 Å². The lowest BCUT2D eigenvalue weighted by atomic mass is 9.96. The standard InChI is InChI=1S/C26H18BrNO/c1-17-16-19(27)14-15-23(17)28-24-13-6-5-10-21(24)22-12-7-11-20(25(22)26(28)29)18-8-3-2-4-9-18/h2-16H,1H3. The number of aryl methyl sites for hydroxylation is 1. The Hall–Kier alpha value is -3.17. The highest BCUT2D eigenvalue weighted by Crippen LogP contribution is 2.32. The van der Waals surface area contributed by atoms with Crippen molar-refractivity contribution in [3.63, 3.8) is 0 Å². The van der Waals surface area contributed by atoms with Crippen LogP contribution >= 0.6 is 15.9 Å². The van der Waals surface area contributed by atoms with E-state index in [9.17, 15) is 4.79 Å². The van der Waals surface area contributed by atoms with Crippen LogP contribution in [0.4, 0.5) is 0 Å². The third-order valence-corrected chi connectivity index (χ3v) is 5.89. The number of pyridine rings is 1. The first-order chi connectivity index (χ1) is 14.1. The lowest BCUT2D eigenvalue weighted by Gasteiger charge is -2.17. The first-order valence-corrected chi connectivity index (χ1v) is 10.3. The molecule has 0 aliphatic carbocycles. The number of nitrogens with zero attached hydrogens (tertiary/aromatic N) is 1. The van der Waals surface area contributed by atoms with Crippen molar-refractivity contribution in [1.29, 1.82) is 0 Å². The summed E-state index contributed by atoms with van der Waals surface area (Å²) in [6.45, 7) is 2.04. The molecular formula is C26H18BrNO. The molecule has 0 atom stereocenters. The molecule has 5 rings (SSSR count). The minimum atomic E-state index is 0.00331. The van der Waals surface area contributed by atoms with Gasteiger partial charge in [0.2, 0.25) is 0 Å². The molecule has 0 aliphatic heterocycles. The number of fused-ring (bicyclic) bond motifs is 3. The number of aromatic nitrogens is 1. The van der Waals surface area contributed by atoms with Crippen molar-refractivity contribution in [2.24, 2.45) is 0 Å². The summed E-state index contributed by atoms with van der Waals surface area (Å²) in [5, 5.41) is 2.81. The van der Waals surface area contributed by atoms with Gasteiger partial charge in [0.25, 0.3) is 5.56 Å². The first-order valence-electron chi connectivity index (χ1n) is 9.53. The van der Waals surface area contributed by atoms with Crippen molar-refractivity contribution in [1.82, 2.24) is 4.57 Å². The number of benzene rings is 4. The zero-order valence-corrected chi connectivity index (χ0v) is 17.5. The van der Waals surface area contributed by atoms with E-state index in [1.807, 2.05) is 84.3 Å². The predicted octanol–water partition coefficient (Wildman–Crippen LogP) is 6.88. The van der Waals surface area contributed by atoms with E-state index in [0.717, 1.165) is 48.5 Å². The van der Waals surface area contributed by atoms with E-state index in [2.05, 4.69) is 34.1 Å². The highest BCUT2D eigenvalue weighted by Gasteiger charge is 2.16. The van der Waals surface area contributed by atoms with Crippen LogP contribution in [-0.4, -0.2) is 4.57 Å². The van der Waals surface area contributed by atoms with Gasteiger partial charge in [-0.1, -0.05) is 82.7 Å². The van der Waals surface area contributed by atoms with Gasteiger partial charge in [0, 0.05) is 9.86 Å². The van der Waals surface area contributed by atoms with Crippen molar-refractivity contribution in [3.8, 4) is 16.8 Å². The van der Waals surface area contributed by atoms with Gasteiger partial charge >= 0.3 is 0 Å². The second-order valence-electron chi connectivity index (χ2n) is 7.18. The Kier molecular flexibility index (Phi) is 4.33. The first kappa shape index (κ1) is 17.9. The van der Waals surface area contributed by atoms with Gasteiger partial charge in [-0.25, -0.2) is 0 Å². The minimum Gasteiger partial charge on any atom is -0.276 e. The van der Waals surface area contributed by atoms with Crippen LogP contribution in [0.2, 0.25) is 0 Å². The van der Waals surface area contributed by atoms with Gasteiger partial charge in [-0.15, -0.1) is 0 Å². The fraction of sp³-hybridized carbons (Fsp3) is 0.0385. The molecule has 0 bridgehead atoms. The van der Waals surface area contributed by atoms with Crippen LogP contribution in [0.1, 0.15) is 5.56 Å². The Balaban J connectivity index is 2.00. The predicted molar refractivity (Wildman–Crippen MR) is 125 cm³/mol. The van der Waals surface area contributed by atoms with Gasteiger partial charge in [0.1, 0.15) is 0 Å². The summed E-state index contributed by atoms with van der Waals surface area (Å²) in [6.07, 6.45) is 0. The summed E-state index contributed by atoms with van der Waals surface area (Å²) >= 11 is 3.53. The van der Waals surface area contributed by atoms with E-state index in [4.69, 9.17) is 0 Å². The third-order valence-electron chi connectivity index (χ3n) is 5.40. The fourth-order valence-electron chi connectivity index (χ4n) is 4.09. The van der Waals surface area contributed by atoms with Crippen LogP contribution in [-0.2, 0) is 0 Å². The molecule has 0 amide bonds. The molecule has 1 heterocycles. The largest absolute Gasteiger partial charge is 0.276 e. The Morgan fingerprint density at radius 3 is 2.28 bits per heavy atom. The van der Waals surface area contributed by atoms with Crippen LogP contribution in [0, 0.1) is 6.92 Å². The van der Waals surface area contributed by atoms with E-state index >= 15 is 0 Å². The number of hydrogen-bond acceptors (Lipinski definition) is 1. The lowest BCUT2D eigenvalue weighted by Crippen LogP contribution is -2.20. The third kappa shape index (κ3) is 2.90. The average Bonchev–Trinajstić information content (AvgIpc) is 2.75. The summed E-state index contributed by atoms with van der Waals surface area (Å²) in [4.78, 5) is 13.9. The van der Waals surface area contributed by atoms with Gasteiger partial charge in [-0.05, 0) is 53.3 Å². The molecule has 0 radical (unpaired) electrons. The lowest BCUT2D eigenvalue weighted by molar-refractivity contribution is 1.04.